The molecule has 0 unspecified atom stereocenters. The van der Waals surface area contributed by atoms with Crippen LogP contribution in [0.3, 0.4) is 0 Å². The van der Waals surface area contributed by atoms with Crippen molar-refractivity contribution < 1.29 is 9.53 Å². The lowest BCUT2D eigenvalue weighted by Crippen LogP contribution is -2.32. The number of carbonyl (C=O) groups excluding carboxylic acids is 1. The Labute approximate surface area is 204 Å². The topological polar surface area (TPSA) is 64.4 Å². The summed E-state index contributed by atoms with van der Waals surface area (Å²) in [6, 6.07) is 24.1. The van der Waals surface area contributed by atoms with E-state index >= 15 is 0 Å². The summed E-state index contributed by atoms with van der Waals surface area (Å²) in [5.41, 5.74) is 4.60. The summed E-state index contributed by atoms with van der Waals surface area (Å²) in [5.74, 6) is -0.290. The third kappa shape index (κ3) is 4.97. The maximum Gasteiger partial charge on any atom is 0.317 e. The molecule has 4 aromatic rings. The van der Waals surface area contributed by atoms with Crippen LogP contribution < -0.4 is 0 Å². The first-order valence-corrected chi connectivity index (χ1v) is 12.0. The van der Waals surface area contributed by atoms with E-state index in [1.54, 1.807) is 13.1 Å². The number of rotatable bonds is 7. The van der Waals surface area contributed by atoms with E-state index in [9.17, 15) is 4.79 Å². The monoisotopic (exact) mass is 469 g/mol. The molecular weight excluding hydrogens is 442 g/mol. The lowest BCUT2D eigenvalue weighted by atomic mass is 9.88. The Morgan fingerprint density at radius 1 is 1.00 bits per heavy atom. The highest BCUT2D eigenvalue weighted by molar-refractivity contribution is 7.18. The fourth-order valence-corrected chi connectivity index (χ4v) is 4.55. The van der Waals surface area contributed by atoms with Crippen LogP contribution in [0.15, 0.2) is 84.0 Å². The predicted octanol–water partition coefficient (Wildman–Crippen LogP) is 6.52. The highest BCUT2D eigenvalue weighted by Crippen LogP contribution is 2.36. The number of benzene rings is 2. The lowest BCUT2D eigenvalue weighted by Gasteiger charge is -2.22. The molecule has 34 heavy (non-hydrogen) atoms. The fraction of sp³-hybridized carbons (Fsp3) is 0.214. The standard InChI is InChI=1S/C28H27N3O2S/c1-5-33-26(32)28(3,4)23-18-22(16-17-29-23)25-19(2)30-27(34-25)31-24(20-12-8-6-9-13-20)21-14-10-7-11-15-21/h6-18H,5H2,1-4H3. The third-order valence-corrected chi connectivity index (χ3v) is 6.64. The van der Waals surface area contributed by atoms with Crippen molar-refractivity contribution in [3.05, 3.63) is 102 Å². The van der Waals surface area contributed by atoms with E-state index in [0.717, 1.165) is 33.0 Å². The van der Waals surface area contributed by atoms with Crippen LogP contribution in [-0.4, -0.2) is 28.3 Å². The van der Waals surface area contributed by atoms with Gasteiger partial charge in [0.1, 0.15) is 5.41 Å². The number of nitrogens with zero attached hydrogens (tertiary/aromatic N) is 3. The van der Waals surface area contributed by atoms with Crippen LogP contribution in [0.5, 0.6) is 0 Å². The van der Waals surface area contributed by atoms with Crippen LogP contribution in [0, 0.1) is 6.92 Å². The highest BCUT2D eigenvalue weighted by Gasteiger charge is 2.33. The molecule has 0 aliphatic rings. The van der Waals surface area contributed by atoms with Crippen LogP contribution in [-0.2, 0) is 14.9 Å². The van der Waals surface area contributed by atoms with Crippen molar-refractivity contribution in [3.8, 4) is 10.4 Å². The molecule has 2 aromatic carbocycles. The van der Waals surface area contributed by atoms with Crippen LogP contribution in [0.25, 0.3) is 10.4 Å². The van der Waals surface area contributed by atoms with E-state index in [2.05, 4.69) is 29.2 Å². The molecule has 0 saturated heterocycles. The summed E-state index contributed by atoms with van der Waals surface area (Å²) in [4.78, 5) is 27.7. The molecule has 0 bridgehead atoms. The number of hydrogen-bond acceptors (Lipinski definition) is 6. The van der Waals surface area contributed by atoms with Gasteiger partial charge in [-0.2, -0.15) is 0 Å². The molecular formula is C28H27N3O2S. The Morgan fingerprint density at radius 2 is 1.62 bits per heavy atom. The number of ether oxygens (including phenoxy) is 1. The van der Waals surface area contributed by atoms with Crippen molar-refractivity contribution in [2.75, 3.05) is 6.61 Å². The van der Waals surface area contributed by atoms with Crippen LogP contribution in [0.2, 0.25) is 0 Å². The number of carbonyl (C=O) groups is 1. The number of aliphatic imine (C=N–C) groups is 1. The number of esters is 1. The highest BCUT2D eigenvalue weighted by atomic mass is 32.1. The second-order valence-corrected chi connectivity index (χ2v) is 9.36. The molecule has 0 aliphatic carbocycles. The molecule has 5 nitrogen and oxygen atoms in total. The van der Waals surface area contributed by atoms with Gasteiger partial charge in [-0.1, -0.05) is 72.0 Å². The average Bonchev–Trinajstić information content (AvgIpc) is 3.24. The second kappa shape index (κ2) is 10.1. The van der Waals surface area contributed by atoms with Crippen molar-refractivity contribution in [2.45, 2.75) is 33.1 Å². The predicted molar refractivity (Wildman–Crippen MR) is 138 cm³/mol. The van der Waals surface area contributed by atoms with E-state index in [1.165, 1.54) is 11.3 Å². The SMILES string of the molecule is CCOC(=O)C(C)(C)c1cc(-c2sc(N=C(c3ccccc3)c3ccccc3)nc2C)ccn1. The fourth-order valence-electron chi connectivity index (χ4n) is 3.61. The molecule has 0 aliphatic heterocycles. The Balaban J connectivity index is 1.74. The summed E-state index contributed by atoms with van der Waals surface area (Å²) in [6.45, 7) is 7.78. The van der Waals surface area contributed by atoms with E-state index in [0.29, 0.717) is 17.4 Å². The molecule has 0 spiro atoms. The van der Waals surface area contributed by atoms with Gasteiger partial charge in [-0.15, -0.1) is 0 Å². The molecule has 172 valence electrons. The number of hydrogen-bond donors (Lipinski definition) is 0. The Morgan fingerprint density at radius 3 is 2.21 bits per heavy atom. The maximum atomic E-state index is 12.5. The third-order valence-electron chi connectivity index (χ3n) is 5.54. The summed E-state index contributed by atoms with van der Waals surface area (Å²) in [6.07, 6.45) is 1.73. The molecule has 6 heteroatoms. The minimum atomic E-state index is -0.848. The van der Waals surface area contributed by atoms with E-state index in [1.807, 2.05) is 69.3 Å². The van der Waals surface area contributed by atoms with Crippen LogP contribution in [0.4, 0.5) is 5.13 Å². The van der Waals surface area contributed by atoms with Gasteiger partial charge >= 0.3 is 5.97 Å². The molecule has 2 aromatic heterocycles. The van der Waals surface area contributed by atoms with Crippen molar-refractivity contribution >= 4 is 28.1 Å². The van der Waals surface area contributed by atoms with E-state index in [-0.39, 0.29) is 5.97 Å². The molecule has 2 heterocycles. The van der Waals surface area contributed by atoms with Crippen molar-refractivity contribution in [2.24, 2.45) is 4.99 Å². The largest absolute Gasteiger partial charge is 0.465 e. The summed E-state index contributed by atoms with van der Waals surface area (Å²) >= 11 is 1.53. The number of aryl methyl sites for hydroxylation is 1. The molecule has 0 saturated carbocycles. The van der Waals surface area contributed by atoms with E-state index in [4.69, 9.17) is 14.7 Å². The van der Waals surface area contributed by atoms with Crippen molar-refractivity contribution in [3.63, 3.8) is 0 Å². The lowest BCUT2D eigenvalue weighted by molar-refractivity contribution is -0.148. The van der Waals surface area contributed by atoms with Crippen LogP contribution >= 0.6 is 11.3 Å². The number of pyridine rings is 1. The first-order valence-electron chi connectivity index (χ1n) is 11.2. The summed E-state index contributed by atoms with van der Waals surface area (Å²) in [7, 11) is 0. The second-order valence-electron chi connectivity index (χ2n) is 8.38. The molecule has 0 N–H and O–H groups in total. The molecule has 0 radical (unpaired) electrons. The first-order chi connectivity index (χ1) is 16.4. The molecule has 0 amide bonds. The van der Waals surface area contributed by atoms with Crippen molar-refractivity contribution in [1.82, 2.24) is 9.97 Å². The van der Waals surface area contributed by atoms with Gasteiger partial charge in [0.25, 0.3) is 0 Å². The molecule has 0 fully saturated rings. The Bertz CT molecular complexity index is 1270. The van der Waals surface area contributed by atoms with Crippen LogP contribution in [0.1, 0.15) is 43.3 Å². The Hall–Kier alpha value is -3.64. The minimum absolute atomic E-state index is 0.290. The smallest absolute Gasteiger partial charge is 0.317 e. The van der Waals surface area contributed by atoms with Gasteiger partial charge < -0.3 is 4.74 Å². The molecule has 4 rings (SSSR count). The van der Waals surface area contributed by atoms with Gasteiger partial charge in [0.05, 0.1) is 28.6 Å². The van der Waals surface area contributed by atoms with Crippen molar-refractivity contribution in [1.29, 1.82) is 0 Å². The van der Waals surface area contributed by atoms with Gasteiger partial charge in [0, 0.05) is 17.3 Å². The zero-order valence-electron chi connectivity index (χ0n) is 19.8. The van der Waals surface area contributed by atoms with Gasteiger partial charge in [0.2, 0.25) is 5.13 Å². The number of aromatic nitrogens is 2. The zero-order valence-corrected chi connectivity index (χ0v) is 20.6. The quantitative estimate of drug-likeness (QED) is 0.228. The zero-order chi connectivity index (χ0) is 24.1. The minimum Gasteiger partial charge on any atom is -0.465 e. The first kappa shape index (κ1) is 23.5. The van der Waals surface area contributed by atoms with Gasteiger partial charge in [-0.05, 0) is 45.4 Å². The number of thiazole rings is 1. The van der Waals surface area contributed by atoms with Gasteiger partial charge in [0.15, 0.2) is 0 Å². The average molecular weight is 470 g/mol. The van der Waals surface area contributed by atoms with E-state index < -0.39 is 5.41 Å². The molecule has 0 atom stereocenters. The van der Waals surface area contributed by atoms with Gasteiger partial charge in [-0.25, -0.2) is 9.98 Å². The summed E-state index contributed by atoms with van der Waals surface area (Å²) in [5, 5.41) is 0.679. The summed E-state index contributed by atoms with van der Waals surface area (Å²) < 4.78 is 5.26. The maximum absolute atomic E-state index is 12.5. The Kier molecular flexibility index (Phi) is 6.98. The van der Waals surface area contributed by atoms with Gasteiger partial charge in [-0.3, -0.25) is 9.78 Å². The normalized spacial score (nSPS) is 11.2.